The molecule has 1 aromatic rings. The van der Waals surface area contributed by atoms with Gasteiger partial charge in [0.25, 0.3) is 0 Å². The molecule has 32 atom stereocenters. The maximum absolute atomic E-state index is 15.4. The number of hydrogen-bond acceptors (Lipinski definition) is 28. The fraction of sp³-hybridized carbons (Fsp3) is 0.795. The van der Waals surface area contributed by atoms with Crippen molar-refractivity contribution in [2.45, 2.75) is 294 Å². The third-order valence-corrected chi connectivity index (χ3v) is 25.6. The normalized spacial score (nSPS) is 47.9. The Labute approximate surface area is 587 Å². The van der Waals surface area contributed by atoms with Crippen LogP contribution in [-0.4, -0.2) is 267 Å². The van der Waals surface area contributed by atoms with Gasteiger partial charge in [-0.25, -0.2) is 0 Å². The van der Waals surface area contributed by atoms with E-state index in [2.05, 4.69) is 54.5 Å². The fourth-order valence-electron chi connectivity index (χ4n) is 19.4. The molecule has 0 radical (unpaired) electrons. The zero-order valence-electron chi connectivity index (χ0n) is 59.3. The number of esters is 1. The van der Waals surface area contributed by atoms with Gasteiger partial charge in [-0.1, -0.05) is 96.0 Å². The molecular formula is C73H108O28. The molecule has 0 amide bonds. The van der Waals surface area contributed by atoms with Gasteiger partial charge in [-0.15, -0.1) is 0 Å². The third-order valence-electron chi connectivity index (χ3n) is 25.6. The first-order chi connectivity index (χ1) is 47.3. The first kappa shape index (κ1) is 78.2. The molecule has 0 spiro atoms. The van der Waals surface area contributed by atoms with Crippen LogP contribution in [0, 0.1) is 50.2 Å². The smallest absolute Gasteiger partial charge is 0.317 e. The summed E-state index contributed by atoms with van der Waals surface area (Å²) in [5, 5.41) is 163. The van der Waals surface area contributed by atoms with E-state index in [9.17, 15) is 86.2 Å². The van der Waals surface area contributed by atoms with E-state index < -0.39 is 206 Å². The van der Waals surface area contributed by atoms with E-state index in [4.69, 9.17) is 47.4 Å². The molecule has 32 unspecified atom stereocenters. The second kappa shape index (κ2) is 29.4. The summed E-state index contributed by atoms with van der Waals surface area (Å²) in [7, 11) is 0. The molecule has 5 saturated heterocycles. The van der Waals surface area contributed by atoms with Crippen molar-refractivity contribution in [1.82, 2.24) is 0 Å². The van der Waals surface area contributed by atoms with E-state index in [1.54, 1.807) is 31.2 Å². The SMILES string of the molecule is CC(C)=CCC1=C(O)c2ccccc2C(=O)C1=O.CC1OC(OC2CCC3(C)C(CCC4(C)C3CC=C3C5CC(C)(C)CCC5(C(=O)OC5OCC(O)C(O)C5OC5OC(C)C(OC6OC(CO)C(O)C(O)C6O)C(O)C5O)C(O)CC34C)C2(C)C)C(O)C(O)C1OC1OCC(O)C(O)C1O. The molecule has 0 bridgehead atoms. The molecule has 28 heteroatoms. The summed E-state index contributed by atoms with van der Waals surface area (Å²) >= 11 is 0. The summed E-state index contributed by atoms with van der Waals surface area (Å²) in [6.07, 6.45) is -27.1. The standard InChI is InChI=1S/C58H94O25.C15H14O3/c1-23-44(80-47-40(69)34(63)27(60)21-74-47)38(67)42(71)48(76-23)79-33-13-14-55(7)30(54(33,5)6)12-15-56(8)31(55)11-10-25-26-18-53(3,4)16-17-58(26,32(62)19-57(25,56)9)52(73)83-51-46(35(64)28(61)22-75-51)82-49-43(72)39(68)45(24(2)77-49)81-50-41(70)37(66)36(65)29(20-59)78-50;1-9(2)7-8-12-13(16)10-5-3-4-6-11(10)14(17)15(12)18/h10,23-24,26-51,59-72H,11-22H2,1-9H3;3-7,16H,8H2,1-2H3. The van der Waals surface area contributed by atoms with Crippen molar-refractivity contribution in [3.05, 3.63) is 64.3 Å². The van der Waals surface area contributed by atoms with Crippen molar-refractivity contribution < 1.29 is 138 Å². The van der Waals surface area contributed by atoms with Crippen LogP contribution in [-0.2, 0) is 57.0 Å². The zero-order chi connectivity index (χ0) is 73.9. The minimum absolute atomic E-state index is 0.0762. The molecule has 12 rings (SSSR count). The Hall–Kier alpha value is -3.87. The maximum atomic E-state index is 15.4. The predicted molar refractivity (Wildman–Crippen MR) is 351 cm³/mol. The lowest BCUT2D eigenvalue weighted by Gasteiger charge is -2.71. The molecule has 0 aromatic heterocycles. The molecule has 11 aliphatic rings. The number of aliphatic hydroxyl groups excluding tert-OH is 15. The molecule has 5 aliphatic heterocycles. The minimum Gasteiger partial charge on any atom is -0.507 e. The van der Waals surface area contributed by atoms with Gasteiger partial charge < -0.3 is 124 Å². The molecule has 9 fully saturated rings. The number of carbonyl (C=O) groups excluding carboxylic acids is 3. The number of fused-ring (bicyclic) bond motifs is 8. The molecule has 4 saturated carbocycles. The van der Waals surface area contributed by atoms with Crippen LogP contribution >= 0.6 is 0 Å². The van der Waals surface area contributed by atoms with E-state index in [0.29, 0.717) is 31.2 Å². The maximum Gasteiger partial charge on any atom is 0.317 e. The first-order valence-corrected chi connectivity index (χ1v) is 35.7. The molecule has 101 heavy (non-hydrogen) atoms. The van der Waals surface area contributed by atoms with Crippen LogP contribution in [0.5, 0.6) is 0 Å². The Balaban J connectivity index is 0.000000494. The number of ketones is 2. The molecule has 568 valence electrons. The second-order valence-corrected chi connectivity index (χ2v) is 32.8. The number of rotatable bonds is 13. The highest BCUT2D eigenvalue weighted by Gasteiger charge is 2.72. The van der Waals surface area contributed by atoms with E-state index in [0.717, 1.165) is 30.4 Å². The van der Waals surface area contributed by atoms with Gasteiger partial charge >= 0.3 is 5.97 Å². The predicted octanol–water partition coefficient (Wildman–Crippen LogP) is 1.17. The van der Waals surface area contributed by atoms with Crippen molar-refractivity contribution in [3.8, 4) is 0 Å². The van der Waals surface area contributed by atoms with Gasteiger partial charge in [-0.2, -0.15) is 0 Å². The van der Waals surface area contributed by atoms with Crippen molar-refractivity contribution in [2.75, 3.05) is 19.8 Å². The Morgan fingerprint density at radius 3 is 1.76 bits per heavy atom. The number of aliphatic hydroxyl groups is 15. The van der Waals surface area contributed by atoms with Crippen LogP contribution in [0.25, 0.3) is 5.76 Å². The van der Waals surface area contributed by atoms with Gasteiger partial charge in [-0.05, 0) is 137 Å². The molecule has 15 N–H and O–H groups in total. The molecular weight excluding hydrogens is 1320 g/mol. The van der Waals surface area contributed by atoms with E-state index >= 15 is 4.79 Å². The van der Waals surface area contributed by atoms with E-state index in [1.165, 1.54) is 6.92 Å². The highest BCUT2D eigenvalue weighted by atomic mass is 16.8. The largest absolute Gasteiger partial charge is 0.507 e. The summed E-state index contributed by atoms with van der Waals surface area (Å²) in [6.45, 7) is 21.0. The van der Waals surface area contributed by atoms with Crippen molar-refractivity contribution >= 4 is 23.3 Å². The number of allylic oxidation sites excluding steroid dienone is 5. The topological polar surface area (TPSA) is 447 Å². The van der Waals surface area contributed by atoms with Gasteiger partial charge in [-0.3, -0.25) is 14.4 Å². The number of benzene rings is 1. The Morgan fingerprint density at radius 1 is 0.584 bits per heavy atom. The van der Waals surface area contributed by atoms with Crippen LogP contribution in [0.4, 0.5) is 0 Å². The Kier molecular flexibility index (Phi) is 22.7. The lowest BCUT2D eigenvalue weighted by molar-refractivity contribution is -0.374. The average molecular weight is 1430 g/mol. The minimum atomic E-state index is -1.93. The van der Waals surface area contributed by atoms with Gasteiger partial charge in [0.1, 0.15) is 103 Å². The van der Waals surface area contributed by atoms with E-state index in [-0.39, 0.29) is 70.8 Å². The van der Waals surface area contributed by atoms with Crippen LogP contribution < -0.4 is 0 Å². The summed E-state index contributed by atoms with van der Waals surface area (Å²) in [5.41, 5.74) is -0.337. The number of ether oxygens (including phenoxy) is 10. The highest BCUT2D eigenvalue weighted by Crippen LogP contribution is 2.76. The van der Waals surface area contributed by atoms with Crippen LogP contribution in [0.1, 0.15) is 156 Å². The third kappa shape index (κ3) is 13.7. The lowest BCUT2D eigenvalue weighted by atomic mass is 9.33. The van der Waals surface area contributed by atoms with Crippen molar-refractivity contribution in [1.29, 1.82) is 0 Å². The fourth-order valence-corrected chi connectivity index (χ4v) is 19.4. The number of hydrogen-bond donors (Lipinski definition) is 15. The summed E-state index contributed by atoms with van der Waals surface area (Å²) in [4.78, 5) is 39.2. The lowest BCUT2D eigenvalue weighted by Crippen LogP contribution is -2.68. The summed E-state index contributed by atoms with van der Waals surface area (Å²) in [5.74, 6) is -2.23. The Bertz CT molecular complexity index is 3260. The van der Waals surface area contributed by atoms with Crippen molar-refractivity contribution in [2.24, 2.45) is 50.2 Å². The Morgan fingerprint density at radius 2 is 1.14 bits per heavy atom. The number of carbonyl (C=O) groups is 3. The summed E-state index contributed by atoms with van der Waals surface area (Å²) < 4.78 is 59.6. The second-order valence-electron chi connectivity index (χ2n) is 32.8. The van der Waals surface area contributed by atoms with Gasteiger partial charge in [0, 0.05) is 16.7 Å². The summed E-state index contributed by atoms with van der Waals surface area (Å²) in [6, 6.07) is 6.62. The average Bonchev–Trinajstić information content (AvgIpc) is 0.671. The highest BCUT2D eigenvalue weighted by molar-refractivity contribution is 6.52. The van der Waals surface area contributed by atoms with E-state index in [1.807, 2.05) is 19.9 Å². The molecule has 1 aromatic carbocycles. The van der Waals surface area contributed by atoms with Crippen LogP contribution in [0.15, 0.2) is 53.1 Å². The monoisotopic (exact) mass is 1430 g/mol. The first-order valence-electron chi connectivity index (χ1n) is 35.7. The number of Topliss-reactive ketones (excluding diaryl/α,β-unsaturated/α-hetero) is 2. The van der Waals surface area contributed by atoms with Crippen LogP contribution in [0.2, 0.25) is 0 Å². The van der Waals surface area contributed by atoms with Crippen molar-refractivity contribution in [3.63, 3.8) is 0 Å². The van der Waals surface area contributed by atoms with Crippen LogP contribution in [0.3, 0.4) is 0 Å². The molecule has 5 heterocycles. The zero-order valence-corrected chi connectivity index (χ0v) is 59.3. The molecule has 6 aliphatic carbocycles. The van der Waals surface area contributed by atoms with Gasteiger partial charge in [0.15, 0.2) is 31.3 Å². The van der Waals surface area contributed by atoms with Gasteiger partial charge in [0.05, 0.1) is 44.2 Å². The van der Waals surface area contributed by atoms with Gasteiger partial charge in [0.2, 0.25) is 17.9 Å². The quantitative estimate of drug-likeness (QED) is 0.0570. The molecule has 28 nitrogen and oxygen atoms in total.